The molecule has 2 aliphatic heterocycles. The summed E-state index contributed by atoms with van der Waals surface area (Å²) in [5.41, 5.74) is 1.05. The highest BCUT2D eigenvalue weighted by atomic mass is 16.5. The number of amidine groups is 1. The van der Waals surface area contributed by atoms with Crippen LogP contribution in [0.1, 0.15) is 5.56 Å². The molecule has 0 amide bonds. The van der Waals surface area contributed by atoms with E-state index in [1.165, 1.54) is 12.7 Å². The fourth-order valence-electron chi connectivity index (χ4n) is 1.66. The third kappa shape index (κ3) is 1.75. The fraction of sp³-hybridized carbons (Fsp3) is 0.167. The van der Waals surface area contributed by atoms with Crippen molar-refractivity contribution in [1.82, 2.24) is 0 Å². The van der Waals surface area contributed by atoms with Gasteiger partial charge < -0.3 is 4.74 Å². The second kappa shape index (κ2) is 3.93. The van der Waals surface area contributed by atoms with Crippen LogP contribution in [0.15, 0.2) is 44.2 Å². The molecule has 5 nitrogen and oxygen atoms in total. The largest absolute Gasteiger partial charge is 0.440 e. The minimum atomic E-state index is -0.292. The van der Waals surface area contributed by atoms with Crippen molar-refractivity contribution in [2.45, 2.75) is 13.0 Å². The molecule has 1 aromatic carbocycles. The maximum absolute atomic E-state index is 5.76. The van der Waals surface area contributed by atoms with Crippen LogP contribution in [0.25, 0.3) is 0 Å². The molecule has 1 atom stereocenters. The Kier molecular flexibility index (Phi) is 2.29. The molecule has 3 rings (SSSR count). The summed E-state index contributed by atoms with van der Waals surface area (Å²) < 4.78 is 5.76. The second-order valence-corrected chi connectivity index (χ2v) is 3.73. The molecule has 0 radical (unpaired) electrons. The van der Waals surface area contributed by atoms with Crippen molar-refractivity contribution in [1.29, 1.82) is 0 Å². The molecule has 2 heterocycles. The van der Waals surface area contributed by atoms with E-state index in [1.54, 1.807) is 0 Å². The summed E-state index contributed by atoms with van der Waals surface area (Å²) in [6.07, 6.45) is 2.93. The van der Waals surface area contributed by atoms with Gasteiger partial charge in [-0.15, -0.1) is 0 Å². The number of aryl methyl sites for hydroxylation is 1. The van der Waals surface area contributed by atoms with Gasteiger partial charge in [-0.25, -0.2) is 15.0 Å². The van der Waals surface area contributed by atoms with Crippen molar-refractivity contribution in [3.63, 3.8) is 0 Å². The van der Waals surface area contributed by atoms with Crippen LogP contribution in [0.5, 0.6) is 5.75 Å². The molecular weight excluding hydrogens is 216 g/mol. The normalized spacial score (nSPS) is 20.9. The Labute approximate surface area is 98.3 Å². The van der Waals surface area contributed by atoms with E-state index in [0.29, 0.717) is 11.7 Å². The summed E-state index contributed by atoms with van der Waals surface area (Å²) in [4.78, 5) is 16.4. The van der Waals surface area contributed by atoms with E-state index in [9.17, 15) is 0 Å². The lowest BCUT2D eigenvalue weighted by Gasteiger charge is -2.15. The molecule has 5 heteroatoms. The molecule has 84 valence electrons. The molecule has 1 aromatic rings. The second-order valence-electron chi connectivity index (χ2n) is 3.73. The van der Waals surface area contributed by atoms with Crippen LogP contribution in [-0.4, -0.2) is 30.5 Å². The van der Waals surface area contributed by atoms with Crippen LogP contribution >= 0.6 is 0 Å². The highest BCUT2D eigenvalue weighted by Gasteiger charge is 2.28. The van der Waals surface area contributed by atoms with Crippen molar-refractivity contribution >= 4 is 24.4 Å². The van der Waals surface area contributed by atoms with Gasteiger partial charge >= 0.3 is 0 Å². The summed E-state index contributed by atoms with van der Waals surface area (Å²) >= 11 is 0. The SMILES string of the molecule is Cc1ccccc1OC1=NC=NC2=NC=NC21. The van der Waals surface area contributed by atoms with Gasteiger partial charge in [0.05, 0.1) is 0 Å². The van der Waals surface area contributed by atoms with Crippen LogP contribution in [0.4, 0.5) is 0 Å². The quantitative estimate of drug-likeness (QED) is 0.717. The van der Waals surface area contributed by atoms with Crippen molar-refractivity contribution < 1.29 is 4.74 Å². The molecule has 0 aliphatic carbocycles. The minimum absolute atomic E-state index is 0.292. The van der Waals surface area contributed by atoms with Gasteiger partial charge in [0, 0.05) is 0 Å². The number of hydrogen-bond acceptors (Lipinski definition) is 5. The lowest BCUT2D eigenvalue weighted by molar-refractivity contribution is 0.529. The van der Waals surface area contributed by atoms with Gasteiger partial charge in [-0.05, 0) is 18.6 Å². The maximum Gasteiger partial charge on any atom is 0.228 e. The summed E-state index contributed by atoms with van der Waals surface area (Å²) in [5, 5.41) is 0. The zero-order valence-corrected chi connectivity index (χ0v) is 9.24. The van der Waals surface area contributed by atoms with Gasteiger partial charge in [0.15, 0.2) is 11.9 Å². The van der Waals surface area contributed by atoms with Crippen LogP contribution in [0.3, 0.4) is 0 Å². The van der Waals surface area contributed by atoms with Gasteiger partial charge in [0.1, 0.15) is 18.4 Å². The zero-order chi connectivity index (χ0) is 11.7. The third-order valence-electron chi connectivity index (χ3n) is 2.57. The van der Waals surface area contributed by atoms with E-state index in [4.69, 9.17) is 4.74 Å². The highest BCUT2D eigenvalue weighted by molar-refractivity contribution is 6.18. The van der Waals surface area contributed by atoms with Crippen molar-refractivity contribution in [3.8, 4) is 5.75 Å². The molecule has 0 bridgehead atoms. The average Bonchev–Trinajstić information content (AvgIpc) is 2.81. The smallest absolute Gasteiger partial charge is 0.228 e. The van der Waals surface area contributed by atoms with Gasteiger partial charge in [-0.1, -0.05) is 18.2 Å². The monoisotopic (exact) mass is 226 g/mol. The molecule has 0 N–H and O–H groups in total. The summed E-state index contributed by atoms with van der Waals surface area (Å²) in [6, 6.07) is 7.48. The number of benzene rings is 1. The Morgan fingerprint density at radius 1 is 1.12 bits per heavy atom. The number of rotatable bonds is 1. The van der Waals surface area contributed by atoms with Gasteiger partial charge in [0.25, 0.3) is 0 Å². The van der Waals surface area contributed by atoms with E-state index in [0.717, 1.165) is 11.3 Å². The first kappa shape index (κ1) is 9.89. The Morgan fingerprint density at radius 3 is 2.88 bits per heavy atom. The molecule has 0 saturated heterocycles. The molecule has 0 fully saturated rings. The predicted octanol–water partition coefficient (Wildman–Crippen LogP) is 1.62. The van der Waals surface area contributed by atoms with E-state index < -0.39 is 0 Å². The van der Waals surface area contributed by atoms with E-state index >= 15 is 0 Å². The van der Waals surface area contributed by atoms with E-state index in [1.807, 2.05) is 31.2 Å². The number of aliphatic imine (C=N–C) groups is 4. The van der Waals surface area contributed by atoms with Gasteiger partial charge in [-0.2, -0.15) is 0 Å². The average molecular weight is 226 g/mol. The van der Waals surface area contributed by atoms with Gasteiger partial charge in [-0.3, -0.25) is 4.99 Å². The lowest BCUT2D eigenvalue weighted by Crippen LogP contribution is -2.32. The van der Waals surface area contributed by atoms with Gasteiger partial charge in [0.2, 0.25) is 5.90 Å². The van der Waals surface area contributed by atoms with Crippen molar-refractivity contribution in [2.75, 3.05) is 0 Å². The molecular formula is C12H10N4O. The summed E-state index contributed by atoms with van der Waals surface area (Å²) in [5.74, 6) is 1.92. The summed E-state index contributed by atoms with van der Waals surface area (Å²) in [6.45, 7) is 1.99. The molecule has 2 aliphatic rings. The number of fused-ring (bicyclic) bond motifs is 1. The minimum Gasteiger partial charge on any atom is -0.440 e. The number of nitrogens with zero attached hydrogens (tertiary/aromatic N) is 4. The third-order valence-corrected chi connectivity index (χ3v) is 2.57. The molecule has 0 spiro atoms. The molecule has 1 unspecified atom stereocenters. The Hall–Kier alpha value is -2.30. The van der Waals surface area contributed by atoms with E-state index in [-0.39, 0.29) is 6.04 Å². The molecule has 0 saturated carbocycles. The topological polar surface area (TPSA) is 58.7 Å². The van der Waals surface area contributed by atoms with Crippen LogP contribution in [0.2, 0.25) is 0 Å². The maximum atomic E-state index is 5.76. The first-order chi connectivity index (χ1) is 8.34. The van der Waals surface area contributed by atoms with E-state index in [2.05, 4.69) is 20.0 Å². The zero-order valence-electron chi connectivity index (χ0n) is 9.24. The number of ether oxygens (including phenoxy) is 1. The first-order valence-electron chi connectivity index (χ1n) is 5.27. The predicted molar refractivity (Wildman–Crippen MR) is 67.4 cm³/mol. The molecule has 0 aromatic heterocycles. The Morgan fingerprint density at radius 2 is 2.00 bits per heavy atom. The summed E-state index contributed by atoms with van der Waals surface area (Å²) in [7, 11) is 0. The number of hydrogen-bond donors (Lipinski definition) is 0. The Balaban J connectivity index is 1.89. The molecule has 17 heavy (non-hydrogen) atoms. The Bertz CT molecular complexity index is 572. The van der Waals surface area contributed by atoms with Crippen LogP contribution in [-0.2, 0) is 0 Å². The number of para-hydroxylation sites is 1. The first-order valence-corrected chi connectivity index (χ1v) is 5.27. The van der Waals surface area contributed by atoms with Crippen LogP contribution < -0.4 is 4.74 Å². The standard InChI is InChI=1S/C12H10N4O/c1-8-4-2-3-5-9(8)17-12-10-11(14-6-13-10)15-7-16-12/h2-7,10H,1H3. The van der Waals surface area contributed by atoms with Crippen molar-refractivity contribution in [2.24, 2.45) is 20.0 Å². The van der Waals surface area contributed by atoms with Crippen molar-refractivity contribution in [3.05, 3.63) is 29.8 Å². The highest BCUT2D eigenvalue weighted by Crippen LogP contribution is 2.19. The fourth-order valence-corrected chi connectivity index (χ4v) is 1.66. The van der Waals surface area contributed by atoms with Crippen LogP contribution in [0, 0.1) is 6.92 Å². The lowest BCUT2D eigenvalue weighted by atomic mass is 10.2.